The highest BCUT2D eigenvalue weighted by atomic mass is 32.1. The topological polar surface area (TPSA) is 25.8 Å². The molecule has 0 aliphatic carbocycles. The molecule has 0 atom stereocenters. The Morgan fingerprint density at radius 2 is 0.915 bits per heavy atom. The van der Waals surface area contributed by atoms with Gasteiger partial charge in [0, 0.05) is 36.9 Å². The first-order valence-corrected chi connectivity index (χ1v) is 16.6. The standard InChI is InChI=1S/C44H28N2S/c1-3-11-29(12-4-1)35-24-36(33-21-22-39-38-17-9-10-18-42(38)47-43(39)27-33)26-37(25-35)41-28-40(45-44(46-41)31-14-5-2-6-15-31)34-20-19-30-13-7-8-16-32(30)23-34/h1-28H. The Kier molecular flexibility index (Phi) is 6.69. The fourth-order valence-corrected chi connectivity index (χ4v) is 7.60. The number of hydrogen-bond acceptors (Lipinski definition) is 3. The Morgan fingerprint density at radius 3 is 1.72 bits per heavy atom. The highest BCUT2D eigenvalue weighted by Gasteiger charge is 2.15. The lowest BCUT2D eigenvalue weighted by Crippen LogP contribution is -1.96. The number of benzene rings is 7. The van der Waals surface area contributed by atoms with Crippen LogP contribution in [0, 0.1) is 0 Å². The number of rotatable bonds is 5. The molecule has 2 nitrogen and oxygen atoms in total. The monoisotopic (exact) mass is 616 g/mol. The van der Waals surface area contributed by atoms with Crippen LogP contribution >= 0.6 is 11.3 Å². The summed E-state index contributed by atoms with van der Waals surface area (Å²) < 4.78 is 2.61. The second-order valence-corrected chi connectivity index (χ2v) is 12.9. The Labute approximate surface area is 277 Å². The second-order valence-electron chi connectivity index (χ2n) is 11.9. The normalized spacial score (nSPS) is 11.4. The van der Waals surface area contributed by atoms with Crippen molar-refractivity contribution in [2.24, 2.45) is 0 Å². The van der Waals surface area contributed by atoms with Crippen molar-refractivity contribution in [2.75, 3.05) is 0 Å². The van der Waals surface area contributed by atoms with E-state index < -0.39 is 0 Å². The van der Waals surface area contributed by atoms with Crippen molar-refractivity contribution in [3.05, 3.63) is 170 Å². The average molecular weight is 617 g/mol. The fourth-order valence-electron chi connectivity index (χ4n) is 6.45. The van der Waals surface area contributed by atoms with E-state index in [9.17, 15) is 0 Å². The summed E-state index contributed by atoms with van der Waals surface area (Å²) in [5, 5.41) is 5.02. The van der Waals surface area contributed by atoms with Gasteiger partial charge in [-0.05, 0) is 75.5 Å². The zero-order valence-electron chi connectivity index (χ0n) is 25.5. The van der Waals surface area contributed by atoms with Crippen molar-refractivity contribution >= 4 is 42.3 Å². The molecule has 0 saturated heterocycles. The molecule has 0 unspecified atom stereocenters. The van der Waals surface area contributed by atoms with Gasteiger partial charge >= 0.3 is 0 Å². The lowest BCUT2D eigenvalue weighted by Gasteiger charge is -2.13. The van der Waals surface area contributed by atoms with Gasteiger partial charge in [-0.15, -0.1) is 11.3 Å². The van der Waals surface area contributed by atoms with Gasteiger partial charge in [0.25, 0.3) is 0 Å². The maximum atomic E-state index is 5.20. The molecule has 0 radical (unpaired) electrons. The molecule has 9 rings (SSSR count). The van der Waals surface area contributed by atoms with E-state index >= 15 is 0 Å². The molecule has 220 valence electrons. The zero-order valence-corrected chi connectivity index (χ0v) is 26.3. The van der Waals surface area contributed by atoms with Crippen molar-refractivity contribution in [3.8, 4) is 56.2 Å². The van der Waals surface area contributed by atoms with Crippen LogP contribution in [0.5, 0.6) is 0 Å². The van der Waals surface area contributed by atoms with Crippen LogP contribution in [0.1, 0.15) is 0 Å². The Morgan fingerprint density at radius 1 is 0.319 bits per heavy atom. The SMILES string of the molecule is c1ccc(-c2cc(-c3ccc4c(c3)sc3ccccc34)cc(-c3cc(-c4ccc5ccccc5c4)nc(-c4ccccc4)n3)c2)cc1. The Hall–Kier alpha value is -5.90. The van der Waals surface area contributed by atoms with Gasteiger partial charge in [-0.2, -0.15) is 0 Å². The van der Waals surface area contributed by atoms with E-state index in [2.05, 4.69) is 152 Å². The molecule has 2 heterocycles. The molecule has 0 bridgehead atoms. The molecule has 0 spiro atoms. The van der Waals surface area contributed by atoms with Crippen LogP contribution in [-0.2, 0) is 0 Å². The average Bonchev–Trinajstić information content (AvgIpc) is 3.53. The van der Waals surface area contributed by atoms with Gasteiger partial charge in [0.2, 0.25) is 0 Å². The first kappa shape index (κ1) is 27.4. The van der Waals surface area contributed by atoms with Crippen molar-refractivity contribution < 1.29 is 0 Å². The third-order valence-corrected chi connectivity index (χ3v) is 9.98. The van der Waals surface area contributed by atoms with Crippen molar-refractivity contribution in [1.82, 2.24) is 9.97 Å². The predicted molar refractivity (Wildman–Crippen MR) is 200 cm³/mol. The molecular weight excluding hydrogens is 589 g/mol. The summed E-state index contributed by atoms with van der Waals surface area (Å²) in [5.74, 6) is 0.713. The van der Waals surface area contributed by atoms with Gasteiger partial charge in [0.05, 0.1) is 11.4 Å². The van der Waals surface area contributed by atoms with Crippen molar-refractivity contribution in [3.63, 3.8) is 0 Å². The number of aromatic nitrogens is 2. The summed E-state index contributed by atoms with van der Waals surface area (Å²) in [6.45, 7) is 0. The minimum atomic E-state index is 0.713. The van der Waals surface area contributed by atoms with Gasteiger partial charge in [-0.1, -0.05) is 127 Å². The molecule has 9 aromatic rings. The van der Waals surface area contributed by atoms with E-state index in [-0.39, 0.29) is 0 Å². The molecule has 0 fully saturated rings. The lowest BCUT2D eigenvalue weighted by atomic mass is 9.94. The number of hydrogen-bond donors (Lipinski definition) is 0. The van der Waals surface area contributed by atoms with E-state index in [0.717, 1.165) is 39.2 Å². The molecule has 2 aromatic heterocycles. The van der Waals surface area contributed by atoms with Crippen LogP contribution in [0.25, 0.3) is 87.1 Å². The molecule has 0 saturated carbocycles. The van der Waals surface area contributed by atoms with Gasteiger partial charge in [0.15, 0.2) is 5.82 Å². The molecule has 0 aliphatic rings. The zero-order chi connectivity index (χ0) is 31.2. The smallest absolute Gasteiger partial charge is 0.160 e. The van der Waals surface area contributed by atoms with Crippen LogP contribution in [0.2, 0.25) is 0 Å². The predicted octanol–water partition coefficient (Wildman–Crippen LogP) is 12.3. The van der Waals surface area contributed by atoms with Gasteiger partial charge < -0.3 is 0 Å². The van der Waals surface area contributed by atoms with E-state index in [1.165, 1.54) is 42.1 Å². The Balaban J connectivity index is 1.25. The van der Waals surface area contributed by atoms with E-state index in [0.29, 0.717) is 5.82 Å². The summed E-state index contributed by atoms with van der Waals surface area (Å²) in [6, 6.07) is 60.4. The van der Waals surface area contributed by atoms with E-state index in [1.807, 2.05) is 29.5 Å². The van der Waals surface area contributed by atoms with Crippen LogP contribution in [-0.4, -0.2) is 9.97 Å². The lowest BCUT2D eigenvalue weighted by molar-refractivity contribution is 1.18. The molecule has 7 aromatic carbocycles. The molecule has 47 heavy (non-hydrogen) atoms. The largest absolute Gasteiger partial charge is 0.228 e. The quantitative estimate of drug-likeness (QED) is 0.192. The van der Waals surface area contributed by atoms with Gasteiger partial charge in [-0.3, -0.25) is 0 Å². The number of fused-ring (bicyclic) bond motifs is 4. The van der Waals surface area contributed by atoms with E-state index in [4.69, 9.17) is 9.97 Å². The molecular formula is C44H28N2S. The maximum Gasteiger partial charge on any atom is 0.160 e. The molecule has 0 aliphatic heterocycles. The van der Waals surface area contributed by atoms with Crippen LogP contribution in [0.4, 0.5) is 0 Å². The summed E-state index contributed by atoms with van der Waals surface area (Å²) in [7, 11) is 0. The first-order valence-electron chi connectivity index (χ1n) is 15.8. The van der Waals surface area contributed by atoms with Crippen LogP contribution < -0.4 is 0 Å². The summed E-state index contributed by atoms with van der Waals surface area (Å²) in [5.41, 5.74) is 9.59. The Bertz CT molecular complexity index is 2570. The van der Waals surface area contributed by atoms with E-state index in [1.54, 1.807) is 0 Å². The van der Waals surface area contributed by atoms with Gasteiger partial charge in [-0.25, -0.2) is 9.97 Å². The van der Waals surface area contributed by atoms with Crippen molar-refractivity contribution in [1.29, 1.82) is 0 Å². The molecule has 0 amide bonds. The second kappa shape index (κ2) is 11.5. The fraction of sp³-hybridized carbons (Fsp3) is 0. The summed E-state index contributed by atoms with van der Waals surface area (Å²) >= 11 is 1.85. The highest BCUT2D eigenvalue weighted by molar-refractivity contribution is 7.25. The minimum absolute atomic E-state index is 0.713. The highest BCUT2D eigenvalue weighted by Crippen LogP contribution is 2.39. The van der Waals surface area contributed by atoms with Gasteiger partial charge in [0.1, 0.15) is 0 Å². The third-order valence-electron chi connectivity index (χ3n) is 8.85. The number of nitrogens with zero attached hydrogens (tertiary/aromatic N) is 2. The minimum Gasteiger partial charge on any atom is -0.228 e. The third kappa shape index (κ3) is 5.17. The maximum absolute atomic E-state index is 5.20. The number of thiophene rings is 1. The summed E-state index contributed by atoms with van der Waals surface area (Å²) in [6.07, 6.45) is 0. The van der Waals surface area contributed by atoms with Crippen LogP contribution in [0.3, 0.4) is 0 Å². The molecule has 3 heteroatoms. The first-order chi connectivity index (χ1) is 23.2. The molecule has 0 N–H and O–H groups in total. The van der Waals surface area contributed by atoms with Crippen molar-refractivity contribution in [2.45, 2.75) is 0 Å². The summed E-state index contributed by atoms with van der Waals surface area (Å²) in [4.78, 5) is 10.3. The van der Waals surface area contributed by atoms with Crippen LogP contribution in [0.15, 0.2) is 170 Å².